The largest absolute Gasteiger partial charge is 0.310 e. The molecule has 104 valence electrons. The molecule has 0 aromatic rings. The first-order valence-corrected chi connectivity index (χ1v) is 8.28. The van der Waals surface area contributed by atoms with Crippen LogP contribution in [0.15, 0.2) is 0 Å². The van der Waals surface area contributed by atoms with E-state index < -0.39 is 0 Å². The zero-order chi connectivity index (χ0) is 12.4. The number of likely N-dealkylation sites (tertiary alicyclic amines) is 1. The normalized spacial score (nSPS) is 38.2. The van der Waals surface area contributed by atoms with Crippen molar-refractivity contribution >= 4 is 0 Å². The van der Waals surface area contributed by atoms with Gasteiger partial charge >= 0.3 is 0 Å². The van der Waals surface area contributed by atoms with Gasteiger partial charge in [-0.3, -0.25) is 0 Å². The second-order valence-electron chi connectivity index (χ2n) is 7.15. The minimum atomic E-state index is 0.808. The van der Waals surface area contributed by atoms with Crippen LogP contribution >= 0.6 is 0 Å². The lowest BCUT2D eigenvalue weighted by Gasteiger charge is -2.28. The molecule has 0 aromatic heterocycles. The highest BCUT2D eigenvalue weighted by molar-refractivity contribution is 4.89. The van der Waals surface area contributed by atoms with Crippen molar-refractivity contribution in [2.24, 2.45) is 11.8 Å². The molecule has 0 bridgehead atoms. The maximum Gasteiger partial charge on any atom is 0.0209 e. The fourth-order valence-electron chi connectivity index (χ4n) is 3.94. The Hall–Kier alpha value is -0.0800. The molecule has 0 aromatic carbocycles. The van der Waals surface area contributed by atoms with Crippen molar-refractivity contribution in [3.63, 3.8) is 0 Å². The Bertz CT molecular complexity index is 262. The van der Waals surface area contributed by atoms with Crippen molar-refractivity contribution in [3.05, 3.63) is 0 Å². The van der Waals surface area contributed by atoms with E-state index in [-0.39, 0.29) is 0 Å². The number of nitrogens with one attached hydrogen (secondary N) is 1. The minimum absolute atomic E-state index is 0.808. The van der Waals surface area contributed by atoms with Crippen LogP contribution in [0.2, 0.25) is 0 Å². The summed E-state index contributed by atoms with van der Waals surface area (Å²) in [5.41, 5.74) is 0. The summed E-state index contributed by atoms with van der Waals surface area (Å²) in [6.45, 7) is 6.46. The van der Waals surface area contributed by atoms with Crippen LogP contribution in [0, 0.1) is 11.8 Å². The zero-order valence-corrected chi connectivity index (χ0v) is 12.0. The standard InChI is InChI=1S/C16H30N2/c1-13-3-2-4-14(11-13)7-9-18-10-8-16(12-18)17-15-5-6-15/h13-17H,2-12H2,1H3. The number of hydrogen-bond acceptors (Lipinski definition) is 2. The fraction of sp³-hybridized carbons (Fsp3) is 1.00. The third-order valence-electron chi connectivity index (χ3n) is 5.22. The number of nitrogens with zero attached hydrogens (tertiary/aromatic N) is 1. The molecule has 2 aliphatic carbocycles. The van der Waals surface area contributed by atoms with Gasteiger partial charge in [0.05, 0.1) is 0 Å². The average molecular weight is 250 g/mol. The highest BCUT2D eigenvalue weighted by Gasteiger charge is 2.29. The summed E-state index contributed by atoms with van der Waals surface area (Å²) in [5.74, 6) is 2.02. The van der Waals surface area contributed by atoms with Crippen LogP contribution in [-0.4, -0.2) is 36.6 Å². The number of hydrogen-bond donors (Lipinski definition) is 1. The van der Waals surface area contributed by atoms with E-state index in [4.69, 9.17) is 0 Å². The van der Waals surface area contributed by atoms with Crippen LogP contribution in [0.4, 0.5) is 0 Å². The molecule has 2 saturated carbocycles. The van der Waals surface area contributed by atoms with Crippen LogP contribution in [0.3, 0.4) is 0 Å². The van der Waals surface area contributed by atoms with E-state index in [1.807, 2.05) is 0 Å². The first-order valence-electron chi connectivity index (χ1n) is 8.28. The molecule has 1 saturated heterocycles. The second kappa shape index (κ2) is 5.92. The Morgan fingerprint density at radius 2 is 1.94 bits per heavy atom. The quantitative estimate of drug-likeness (QED) is 0.807. The molecule has 3 unspecified atom stereocenters. The van der Waals surface area contributed by atoms with Gasteiger partial charge in [-0.15, -0.1) is 0 Å². The predicted molar refractivity (Wildman–Crippen MR) is 76.7 cm³/mol. The van der Waals surface area contributed by atoms with Crippen LogP contribution in [0.1, 0.15) is 58.3 Å². The lowest BCUT2D eigenvalue weighted by atomic mass is 9.81. The Balaban J connectivity index is 1.33. The zero-order valence-electron chi connectivity index (χ0n) is 12.0. The molecule has 2 nitrogen and oxygen atoms in total. The third-order valence-corrected chi connectivity index (χ3v) is 5.22. The van der Waals surface area contributed by atoms with E-state index in [0.717, 1.165) is 23.9 Å². The summed E-state index contributed by atoms with van der Waals surface area (Å²) >= 11 is 0. The summed E-state index contributed by atoms with van der Waals surface area (Å²) < 4.78 is 0. The highest BCUT2D eigenvalue weighted by atomic mass is 15.2. The molecule has 3 fully saturated rings. The first kappa shape index (κ1) is 12.9. The van der Waals surface area contributed by atoms with Gasteiger partial charge < -0.3 is 10.2 Å². The Kier molecular flexibility index (Phi) is 4.25. The topological polar surface area (TPSA) is 15.3 Å². The minimum Gasteiger partial charge on any atom is -0.310 e. The molecular weight excluding hydrogens is 220 g/mol. The van der Waals surface area contributed by atoms with Crippen molar-refractivity contribution in [3.8, 4) is 0 Å². The van der Waals surface area contributed by atoms with E-state index in [9.17, 15) is 0 Å². The Morgan fingerprint density at radius 1 is 1.06 bits per heavy atom. The monoisotopic (exact) mass is 250 g/mol. The lowest BCUT2D eigenvalue weighted by molar-refractivity contribution is 0.230. The fourth-order valence-corrected chi connectivity index (χ4v) is 3.94. The summed E-state index contributed by atoms with van der Waals surface area (Å²) in [5, 5.41) is 3.79. The lowest BCUT2D eigenvalue weighted by Crippen LogP contribution is -2.34. The van der Waals surface area contributed by atoms with Gasteiger partial charge in [0.15, 0.2) is 0 Å². The number of rotatable bonds is 5. The smallest absolute Gasteiger partial charge is 0.0209 e. The predicted octanol–water partition coefficient (Wildman–Crippen LogP) is 3.03. The molecule has 3 atom stereocenters. The van der Waals surface area contributed by atoms with Crippen molar-refractivity contribution in [1.29, 1.82) is 0 Å². The highest BCUT2D eigenvalue weighted by Crippen LogP contribution is 2.31. The molecule has 3 aliphatic rings. The van der Waals surface area contributed by atoms with Gasteiger partial charge in [-0.1, -0.05) is 26.2 Å². The SMILES string of the molecule is CC1CCCC(CCN2CCC(NC3CC3)C2)C1. The molecule has 2 heteroatoms. The van der Waals surface area contributed by atoms with Gasteiger partial charge in [0, 0.05) is 18.6 Å². The maximum absolute atomic E-state index is 3.79. The van der Waals surface area contributed by atoms with Crippen molar-refractivity contribution in [1.82, 2.24) is 10.2 Å². The molecule has 3 rings (SSSR count). The van der Waals surface area contributed by atoms with E-state index in [1.54, 1.807) is 0 Å². The molecular formula is C16H30N2. The van der Waals surface area contributed by atoms with Crippen molar-refractivity contribution in [2.75, 3.05) is 19.6 Å². The van der Waals surface area contributed by atoms with E-state index >= 15 is 0 Å². The average Bonchev–Trinajstić information content (AvgIpc) is 3.05. The van der Waals surface area contributed by atoms with Gasteiger partial charge in [0.25, 0.3) is 0 Å². The molecule has 0 radical (unpaired) electrons. The molecule has 1 N–H and O–H groups in total. The van der Waals surface area contributed by atoms with E-state index in [1.165, 1.54) is 71.0 Å². The van der Waals surface area contributed by atoms with Gasteiger partial charge in [-0.05, 0) is 57.0 Å². The summed E-state index contributed by atoms with van der Waals surface area (Å²) in [6.07, 6.45) is 11.7. The molecule has 0 amide bonds. The van der Waals surface area contributed by atoms with Crippen LogP contribution in [0.5, 0.6) is 0 Å². The van der Waals surface area contributed by atoms with Gasteiger partial charge in [-0.25, -0.2) is 0 Å². The van der Waals surface area contributed by atoms with Gasteiger partial charge in [0.2, 0.25) is 0 Å². The molecule has 1 aliphatic heterocycles. The van der Waals surface area contributed by atoms with Crippen LogP contribution in [0.25, 0.3) is 0 Å². The summed E-state index contributed by atoms with van der Waals surface area (Å²) in [7, 11) is 0. The van der Waals surface area contributed by atoms with Gasteiger partial charge in [-0.2, -0.15) is 0 Å². The first-order chi connectivity index (χ1) is 8.79. The maximum atomic E-state index is 3.79. The second-order valence-corrected chi connectivity index (χ2v) is 7.15. The molecule has 18 heavy (non-hydrogen) atoms. The summed E-state index contributed by atoms with van der Waals surface area (Å²) in [4.78, 5) is 2.71. The van der Waals surface area contributed by atoms with Crippen molar-refractivity contribution in [2.45, 2.75) is 70.4 Å². The Labute approximate surface area is 113 Å². The van der Waals surface area contributed by atoms with E-state index in [2.05, 4.69) is 17.1 Å². The summed E-state index contributed by atoms with van der Waals surface area (Å²) in [6, 6.07) is 1.69. The molecule has 0 spiro atoms. The molecule has 1 heterocycles. The van der Waals surface area contributed by atoms with E-state index in [0.29, 0.717) is 0 Å². The van der Waals surface area contributed by atoms with Crippen LogP contribution in [-0.2, 0) is 0 Å². The van der Waals surface area contributed by atoms with Crippen molar-refractivity contribution < 1.29 is 0 Å². The van der Waals surface area contributed by atoms with Gasteiger partial charge in [0.1, 0.15) is 0 Å². The van der Waals surface area contributed by atoms with Crippen LogP contribution < -0.4 is 5.32 Å². The third kappa shape index (κ3) is 3.71. The Morgan fingerprint density at radius 3 is 2.72 bits per heavy atom.